The molecule has 0 bridgehead atoms. The van der Waals surface area contributed by atoms with Crippen LogP contribution in [0, 0.1) is 6.92 Å². The Morgan fingerprint density at radius 3 is 2.52 bits per heavy atom. The van der Waals surface area contributed by atoms with E-state index in [0.29, 0.717) is 0 Å². The summed E-state index contributed by atoms with van der Waals surface area (Å²) in [5, 5.41) is 15.5. The van der Waals surface area contributed by atoms with Crippen molar-refractivity contribution in [1.82, 2.24) is 4.90 Å². The zero-order valence-corrected chi connectivity index (χ0v) is 12.6. The number of benzene rings is 2. The lowest BCUT2D eigenvalue weighted by atomic mass is 10.1. The van der Waals surface area contributed by atoms with Gasteiger partial charge in [-0.15, -0.1) is 0 Å². The molecule has 1 aliphatic rings. The van der Waals surface area contributed by atoms with Crippen molar-refractivity contribution < 1.29 is 5.11 Å². The van der Waals surface area contributed by atoms with Gasteiger partial charge in [0.15, 0.2) is 0 Å². The number of rotatable bonds is 3. The molecule has 3 rings (SSSR count). The van der Waals surface area contributed by atoms with Gasteiger partial charge in [-0.3, -0.25) is 0 Å². The maximum absolute atomic E-state index is 12.7. The molecule has 0 aliphatic carbocycles. The minimum atomic E-state index is 0.0963. The van der Waals surface area contributed by atoms with Crippen LogP contribution in [0.1, 0.15) is 16.7 Å². The van der Waals surface area contributed by atoms with Gasteiger partial charge in [0.25, 0.3) is 0 Å². The first-order valence-electron chi connectivity index (χ1n) is 6.87. The van der Waals surface area contributed by atoms with E-state index in [1.807, 2.05) is 65.9 Å². The summed E-state index contributed by atoms with van der Waals surface area (Å²) in [7, 11) is 0. The third-order valence-electron chi connectivity index (χ3n) is 3.46. The molecular formula is C18H16NOS-. The van der Waals surface area contributed by atoms with Gasteiger partial charge in [0.05, 0.1) is 5.03 Å². The lowest BCUT2D eigenvalue weighted by Gasteiger charge is -2.25. The molecule has 0 radical (unpaired) electrons. The number of thioether (sulfide) groups is 1. The molecule has 0 saturated heterocycles. The topological polar surface area (TPSA) is 26.3 Å². The third-order valence-corrected chi connectivity index (χ3v) is 4.36. The lowest BCUT2D eigenvalue weighted by Crippen LogP contribution is -2.17. The molecular weight excluding hydrogens is 278 g/mol. The predicted octanol–water partition coefficient (Wildman–Crippen LogP) is 3.70. The van der Waals surface area contributed by atoms with E-state index in [2.05, 4.69) is 12.1 Å². The first-order valence-corrected chi connectivity index (χ1v) is 7.75. The Morgan fingerprint density at radius 2 is 1.76 bits per heavy atom. The Labute approximate surface area is 129 Å². The zero-order valence-electron chi connectivity index (χ0n) is 11.8. The molecule has 0 spiro atoms. The smallest absolute Gasteiger partial charge is 0.0720 e. The normalized spacial score (nSPS) is 16.3. The summed E-state index contributed by atoms with van der Waals surface area (Å²) in [6, 6.07) is 17.9. The molecule has 2 aromatic carbocycles. The Hall–Kier alpha value is -2.13. The van der Waals surface area contributed by atoms with Crippen LogP contribution in [0.3, 0.4) is 0 Å². The van der Waals surface area contributed by atoms with E-state index < -0.39 is 0 Å². The van der Waals surface area contributed by atoms with E-state index in [0.717, 1.165) is 22.7 Å². The second kappa shape index (κ2) is 6.10. The van der Waals surface area contributed by atoms with Gasteiger partial charge in [0.2, 0.25) is 0 Å². The molecule has 0 saturated carbocycles. The van der Waals surface area contributed by atoms with Crippen LogP contribution < -0.4 is 5.11 Å². The summed E-state index contributed by atoms with van der Waals surface area (Å²) in [5.74, 6) is 0.0963. The summed E-state index contributed by atoms with van der Waals surface area (Å²) in [6.45, 7) is 2.69. The molecule has 2 aromatic rings. The van der Waals surface area contributed by atoms with Crippen molar-refractivity contribution in [1.29, 1.82) is 0 Å². The molecule has 0 aromatic heterocycles. The highest BCUT2D eigenvalue weighted by molar-refractivity contribution is 8.06. The average Bonchev–Trinajstić information content (AvgIpc) is 2.96. The van der Waals surface area contributed by atoms with Crippen LogP contribution in [0.4, 0.5) is 0 Å². The van der Waals surface area contributed by atoms with Gasteiger partial charge in [-0.25, -0.2) is 0 Å². The van der Waals surface area contributed by atoms with Crippen molar-refractivity contribution in [3.8, 4) is 0 Å². The Kier molecular flexibility index (Phi) is 4.02. The zero-order chi connectivity index (χ0) is 14.7. The molecule has 2 nitrogen and oxygen atoms in total. The molecule has 3 heteroatoms. The van der Waals surface area contributed by atoms with E-state index >= 15 is 0 Å². The van der Waals surface area contributed by atoms with Crippen molar-refractivity contribution in [2.75, 3.05) is 0 Å². The van der Waals surface area contributed by atoms with Gasteiger partial charge in [-0.2, -0.15) is 0 Å². The van der Waals surface area contributed by atoms with Crippen molar-refractivity contribution in [3.63, 3.8) is 0 Å². The van der Waals surface area contributed by atoms with Gasteiger partial charge < -0.3 is 10.0 Å². The molecule has 0 atom stereocenters. The van der Waals surface area contributed by atoms with E-state index in [1.165, 1.54) is 17.3 Å². The highest BCUT2D eigenvalue weighted by atomic mass is 32.2. The number of aryl methyl sites for hydroxylation is 1. The van der Waals surface area contributed by atoms with E-state index in [9.17, 15) is 5.11 Å². The monoisotopic (exact) mass is 294 g/mol. The minimum absolute atomic E-state index is 0.0963. The van der Waals surface area contributed by atoms with Crippen LogP contribution in [0.25, 0.3) is 5.76 Å². The van der Waals surface area contributed by atoms with Gasteiger partial charge in [-0.05, 0) is 29.0 Å². The maximum Gasteiger partial charge on any atom is 0.0720 e. The molecule has 0 N–H and O–H groups in total. The fraction of sp³-hybridized carbons (Fsp3) is 0.111. The van der Waals surface area contributed by atoms with Crippen molar-refractivity contribution in [3.05, 3.63) is 87.9 Å². The van der Waals surface area contributed by atoms with Gasteiger partial charge in [-0.1, -0.05) is 72.1 Å². The van der Waals surface area contributed by atoms with Crippen LogP contribution in [-0.2, 0) is 6.54 Å². The number of nitrogens with zero attached hydrogens (tertiary/aromatic N) is 1. The SMILES string of the molecule is Cc1ccccc1/C([O-])=C1\SC=CN1Cc1ccccc1. The average molecular weight is 294 g/mol. The molecule has 1 aliphatic heterocycles. The predicted molar refractivity (Wildman–Crippen MR) is 86.8 cm³/mol. The van der Waals surface area contributed by atoms with Gasteiger partial charge >= 0.3 is 0 Å². The lowest BCUT2D eigenvalue weighted by molar-refractivity contribution is -0.245. The van der Waals surface area contributed by atoms with E-state index in [1.54, 1.807) is 0 Å². The van der Waals surface area contributed by atoms with Crippen molar-refractivity contribution in [2.24, 2.45) is 0 Å². The molecule has 0 amide bonds. The molecule has 0 fully saturated rings. The van der Waals surface area contributed by atoms with Crippen LogP contribution in [0.15, 0.2) is 71.2 Å². The summed E-state index contributed by atoms with van der Waals surface area (Å²) >= 11 is 1.49. The largest absolute Gasteiger partial charge is 0.870 e. The van der Waals surface area contributed by atoms with Crippen LogP contribution >= 0.6 is 11.8 Å². The summed E-state index contributed by atoms with van der Waals surface area (Å²) in [5.41, 5.74) is 2.99. The number of hydrogen-bond donors (Lipinski definition) is 0. The summed E-state index contributed by atoms with van der Waals surface area (Å²) in [4.78, 5) is 2.02. The molecule has 21 heavy (non-hydrogen) atoms. The Morgan fingerprint density at radius 1 is 1.05 bits per heavy atom. The third kappa shape index (κ3) is 2.98. The highest BCUT2D eigenvalue weighted by Gasteiger charge is 2.15. The van der Waals surface area contributed by atoms with E-state index in [-0.39, 0.29) is 5.76 Å². The van der Waals surface area contributed by atoms with E-state index in [4.69, 9.17) is 0 Å². The standard InChI is InChI=1S/C18H17NOS/c1-14-7-5-6-10-16(14)17(20)18-19(11-12-21-18)13-15-8-3-2-4-9-15/h2-12,20H,13H2,1H3/p-1/b18-17+. The Bertz CT molecular complexity index is 691. The van der Waals surface area contributed by atoms with Gasteiger partial charge in [0.1, 0.15) is 0 Å². The molecule has 106 valence electrons. The highest BCUT2D eigenvalue weighted by Crippen LogP contribution is 2.35. The Balaban J connectivity index is 1.91. The fourth-order valence-electron chi connectivity index (χ4n) is 2.34. The van der Waals surface area contributed by atoms with Crippen LogP contribution in [-0.4, -0.2) is 4.90 Å². The maximum atomic E-state index is 12.7. The molecule has 1 heterocycles. The second-order valence-corrected chi connectivity index (χ2v) is 5.86. The first kappa shape index (κ1) is 13.8. The molecule has 0 unspecified atom stereocenters. The van der Waals surface area contributed by atoms with Crippen molar-refractivity contribution >= 4 is 17.5 Å². The van der Waals surface area contributed by atoms with Crippen molar-refractivity contribution in [2.45, 2.75) is 13.5 Å². The van der Waals surface area contributed by atoms with Crippen LogP contribution in [0.2, 0.25) is 0 Å². The first-order chi connectivity index (χ1) is 10.3. The quantitative estimate of drug-likeness (QED) is 0.807. The summed E-state index contributed by atoms with van der Waals surface area (Å²) < 4.78 is 0. The minimum Gasteiger partial charge on any atom is -0.870 e. The van der Waals surface area contributed by atoms with Gasteiger partial charge in [0, 0.05) is 12.7 Å². The summed E-state index contributed by atoms with van der Waals surface area (Å²) in [6.07, 6.45) is 1.98. The van der Waals surface area contributed by atoms with Crippen LogP contribution in [0.5, 0.6) is 0 Å². The second-order valence-electron chi connectivity index (χ2n) is 4.97. The fourth-order valence-corrected chi connectivity index (χ4v) is 3.15. The number of hydrogen-bond acceptors (Lipinski definition) is 3.